The summed E-state index contributed by atoms with van der Waals surface area (Å²) in [6.45, 7) is 7.61. The molecular formula is C13H20N2O4S. The molecule has 6 nitrogen and oxygen atoms in total. The van der Waals surface area contributed by atoms with E-state index in [0.29, 0.717) is 25.3 Å². The first-order valence-electron chi connectivity index (χ1n) is 6.71. The van der Waals surface area contributed by atoms with Gasteiger partial charge in [0, 0.05) is 32.7 Å². The average molecular weight is 300 g/mol. The third kappa shape index (κ3) is 3.28. The Morgan fingerprint density at radius 1 is 1.25 bits per heavy atom. The maximum atomic E-state index is 12.3. The fourth-order valence-corrected chi connectivity index (χ4v) is 3.67. The molecule has 0 amide bonds. The Balaban J connectivity index is 2.03. The molecule has 1 aliphatic heterocycles. The first-order valence-corrected chi connectivity index (χ1v) is 8.15. The number of piperazine rings is 1. The van der Waals surface area contributed by atoms with Gasteiger partial charge in [-0.2, -0.15) is 4.31 Å². The van der Waals surface area contributed by atoms with Crippen LogP contribution in [0.2, 0.25) is 0 Å². The molecule has 7 heteroatoms. The number of aldehydes is 1. The van der Waals surface area contributed by atoms with E-state index < -0.39 is 10.0 Å². The summed E-state index contributed by atoms with van der Waals surface area (Å²) in [6.07, 6.45) is 0.500. The number of carbonyl (C=O) groups is 1. The van der Waals surface area contributed by atoms with Crippen LogP contribution in [-0.2, 0) is 10.0 Å². The largest absolute Gasteiger partial charge is 0.440 e. The van der Waals surface area contributed by atoms with Crippen molar-refractivity contribution in [2.75, 3.05) is 32.7 Å². The SMILES string of the molecule is CC(C)CN1CCN(S(=O)(=O)c2ccc(C=O)o2)CC1. The van der Waals surface area contributed by atoms with Gasteiger partial charge in [0.1, 0.15) is 0 Å². The van der Waals surface area contributed by atoms with Crippen LogP contribution in [0.25, 0.3) is 0 Å². The molecule has 1 aliphatic rings. The zero-order chi connectivity index (χ0) is 14.8. The highest BCUT2D eigenvalue weighted by Gasteiger charge is 2.30. The van der Waals surface area contributed by atoms with Crippen LogP contribution >= 0.6 is 0 Å². The second-order valence-corrected chi connectivity index (χ2v) is 7.24. The average Bonchev–Trinajstić information content (AvgIpc) is 2.88. The molecule has 0 saturated carbocycles. The van der Waals surface area contributed by atoms with Gasteiger partial charge in [0.2, 0.25) is 5.09 Å². The molecule has 0 aliphatic carbocycles. The minimum absolute atomic E-state index is 0.0296. The highest BCUT2D eigenvalue weighted by molar-refractivity contribution is 7.89. The summed E-state index contributed by atoms with van der Waals surface area (Å²) in [5.41, 5.74) is 0. The standard InChI is InChI=1S/C13H20N2O4S/c1-11(2)9-14-5-7-15(8-6-14)20(17,18)13-4-3-12(10-16)19-13/h3-4,10-11H,5-9H2,1-2H3. The molecule has 0 spiro atoms. The van der Waals surface area contributed by atoms with E-state index in [1.165, 1.54) is 16.4 Å². The molecule has 0 radical (unpaired) electrons. The molecule has 112 valence electrons. The number of furan rings is 1. The van der Waals surface area contributed by atoms with Crippen molar-refractivity contribution in [3.05, 3.63) is 17.9 Å². The molecule has 20 heavy (non-hydrogen) atoms. The van der Waals surface area contributed by atoms with E-state index in [-0.39, 0.29) is 10.9 Å². The van der Waals surface area contributed by atoms with Gasteiger partial charge in [0.05, 0.1) is 0 Å². The quantitative estimate of drug-likeness (QED) is 0.760. The number of nitrogens with zero attached hydrogens (tertiary/aromatic N) is 2. The summed E-state index contributed by atoms with van der Waals surface area (Å²) >= 11 is 0. The van der Waals surface area contributed by atoms with E-state index in [9.17, 15) is 13.2 Å². The summed E-state index contributed by atoms with van der Waals surface area (Å²) in [5.74, 6) is 0.598. The van der Waals surface area contributed by atoms with Crippen LogP contribution in [0.4, 0.5) is 0 Å². The fourth-order valence-electron chi connectivity index (χ4n) is 2.33. The molecule has 0 N–H and O–H groups in total. The lowest BCUT2D eigenvalue weighted by atomic mass is 10.2. The Morgan fingerprint density at radius 3 is 2.40 bits per heavy atom. The van der Waals surface area contributed by atoms with Gasteiger partial charge >= 0.3 is 0 Å². The Morgan fingerprint density at radius 2 is 1.90 bits per heavy atom. The predicted molar refractivity (Wildman–Crippen MR) is 74.1 cm³/mol. The molecule has 1 aromatic heterocycles. The smallest absolute Gasteiger partial charge is 0.276 e. The lowest BCUT2D eigenvalue weighted by molar-refractivity contribution is 0.109. The monoisotopic (exact) mass is 300 g/mol. The normalized spacial score (nSPS) is 18.6. The molecule has 2 heterocycles. The van der Waals surface area contributed by atoms with Gasteiger partial charge < -0.3 is 9.32 Å². The zero-order valence-corrected chi connectivity index (χ0v) is 12.6. The van der Waals surface area contributed by atoms with Crippen molar-refractivity contribution in [1.82, 2.24) is 9.21 Å². The van der Waals surface area contributed by atoms with Gasteiger partial charge in [-0.1, -0.05) is 13.8 Å². The first-order chi connectivity index (χ1) is 9.43. The minimum Gasteiger partial charge on any atom is -0.440 e. The third-order valence-corrected chi connectivity index (χ3v) is 5.04. The lowest BCUT2D eigenvalue weighted by Gasteiger charge is -2.34. The summed E-state index contributed by atoms with van der Waals surface area (Å²) in [7, 11) is -3.62. The van der Waals surface area contributed by atoms with E-state index in [2.05, 4.69) is 18.7 Å². The number of hydrogen-bond acceptors (Lipinski definition) is 5. The second-order valence-electron chi connectivity index (χ2n) is 5.37. The number of carbonyl (C=O) groups excluding carboxylic acids is 1. The topological polar surface area (TPSA) is 70.8 Å². The van der Waals surface area contributed by atoms with Crippen LogP contribution < -0.4 is 0 Å². The molecule has 2 rings (SSSR count). The van der Waals surface area contributed by atoms with Gasteiger partial charge in [-0.15, -0.1) is 0 Å². The van der Waals surface area contributed by atoms with Crippen molar-refractivity contribution in [2.45, 2.75) is 18.9 Å². The molecule has 1 fully saturated rings. The lowest BCUT2D eigenvalue weighted by Crippen LogP contribution is -2.49. The molecule has 0 atom stereocenters. The van der Waals surface area contributed by atoms with Crippen LogP contribution in [0.15, 0.2) is 21.6 Å². The van der Waals surface area contributed by atoms with Gasteiger partial charge in [-0.05, 0) is 18.1 Å². The first kappa shape index (κ1) is 15.2. The zero-order valence-electron chi connectivity index (χ0n) is 11.8. The van der Waals surface area contributed by atoms with Gasteiger partial charge in [-0.25, -0.2) is 8.42 Å². The number of hydrogen-bond donors (Lipinski definition) is 0. The van der Waals surface area contributed by atoms with Crippen molar-refractivity contribution >= 4 is 16.3 Å². The molecule has 1 aromatic rings. The third-order valence-electron chi connectivity index (χ3n) is 3.27. The fraction of sp³-hybridized carbons (Fsp3) is 0.615. The van der Waals surface area contributed by atoms with Crippen LogP contribution in [-0.4, -0.2) is 56.6 Å². The van der Waals surface area contributed by atoms with Gasteiger partial charge in [0.25, 0.3) is 10.0 Å². The van der Waals surface area contributed by atoms with Crippen LogP contribution in [0.1, 0.15) is 24.4 Å². The Bertz CT molecular complexity index is 557. The maximum absolute atomic E-state index is 12.3. The van der Waals surface area contributed by atoms with E-state index in [0.717, 1.165) is 19.6 Å². The highest BCUT2D eigenvalue weighted by Crippen LogP contribution is 2.19. The van der Waals surface area contributed by atoms with Crippen LogP contribution in [0.3, 0.4) is 0 Å². The van der Waals surface area contributed by atoms with Crippen LogP contribution in [0.5, 0.6) is 0 Å². The van der Waals surface area contributed by atoms with E-state index in [1.807, 2.05) is 0 Å². The highest BCUT2D eigenvalue weighted by atomic mass is 32.2. The summed E-state index contributed by atoms with van der Waals surface area (Å²) in [6, 6.07) is 2.70. The van der Waals surface area contributed by atoms with Crippen LogP contribution in [0, 0.1) is 5.92 Å². The van der Waals surface area contributed by atoms with E-state index >= 15 is 0 Å². The van der Waals surface area contributed by atoms with Gasteiger partial charge in [-0.3, -0.25) is 4.79 Å². The maximum Gasteiger partial charge on any atom is 0.276 e. The van der Waals surface area contributed by atoms with Crippen molar-refractivity contribution in [3.63, 3.8) is 0 Å². The molecule has 0 aromatic carbocycles. The van der Waals surface area contributed by atoms with E-state index in [1.54, 1.807) is 0 Å². The summed E-state index contributed by atoms with van der Waals surface area (Å²) in [5, 5.41) is -0.156. The minimum atomic E-state index is -3.62. The van der Waals surface area contributed by atoms with Crippen molar-refractivity contribution < 1.29 is 17.6 Å². The molecular weight excluding hydrogens is 280 g/mol. The molecule has 1 saturated heterocycles. The predicted octanol–water partition coefficient (Wildman–Crippen LogP) is 1.05. The number of sulfonamides is 1. The van der Waals surface area contributed by atoms with Crippen molar-refractivity contribution in [1.29, 1.82) is 0 Å². The second kappa shape index (κ2) is 6.07. The Kier molecular flexibility index (Phi) is 4.62. The summed E-state index contributed by atoms with van der Waals surface area (Å²) < 4.78 is 31.1. The Labute approximate surface area is 119 Å². The Hall–Kier alpha value is -1.18. The summed E-state index contributed by atoms with van der Waals surface area (Å²) in [4.78, 5) is 12.8. The van der Waals surface area contributed by atoms with Crippen molar-refractivity contribution in [3.8, 4) is 0 Å². The molecule has 0 bridgehead atoms. The molecule has 0 unspecified atom stereocenters. The van der Waals surface area contributed by atoms with E-state index in [4.69, 9.17) is 4.42 Å². The van der Waals surface area contributed by atoms with Gasteiger partial charge in [0.15, 0.2) is 12.0 Å². The number of rotatable bonds is 5. The van der Waals surface area contributed by atoms with Crippen molar-refractivity contribution in [2.24, 2.45) is 5.92 Å².